The second-order valence-corrected chi connectivity index (χ2v) is 12.9. The predicted octanol–water partition coefficient (Wildman–Crippen LogP) is 5.34. The van der Waals surface area contributed by atoms with E-state index >= 15 is 0 Å². The number of amides is 2. The van der Waals surface area contributed by atoms with Crippen LogP contribution in [0.4, 0.5) is 0 Å². The Labute approximate surface area is 270 Å². The Kier molecular flexibility index (Phi) is 7.28. The molecule has 1 saturated carbocycles. The first kappa shape index (κ1) is 29.9. The number of Topliss-reactive ketones (excluding diaryl/α,β-unsaturated/α-hetero) is 1. The summed E-state index contributed by atoms with van der Waals surface area (Å²) < 4.78 is 0. The normalized spacial score (nSPS) is 28.6. The third-order valence-corrected chi connectivity index (χ3v) is 10.6. The monoisotopic (exact) mass is 635 g/mol. The highest BCUT2D eigenvalue weighted by molar-refractivity contribution is 6.33. The molecule has 0 bridgehead atoms. The van der Waals surface area contributed by atoms with E-state index in [0.717, 1.165) is 10.5 Å². The van der Waals surface area contributed by atoms with E-state index in [4.69, 9.17) is 11.6 Å². The molecule has 8 nitrogen and oxygen atoms in total. The first-order valence-corrected chi connectivity index (χ1v) is 15.7. The minimum absolute atomic E-state index is 0.0629. The van der Waals surface area contributed by atoms with Crippen molar-refractivity contribution in [2.75, 3.05) is 6.54 Å². The molecule has 1 heterocycles. The van der Waals surface area contributed by atoms with Crippen molar-refractivity contribution in [3.05, 3.63) is 118 Å². The number of carbonyl (C=O) groups is 5. The van der Waals surface area contributed by atoms with Gasteiger partial charge >= 0.3 is 5.97 Å². The van der Waals surface area contributed by atoms with E-state index in [-0.39, 0.29) is 53.7 Å². The number of imide groups is 1. The van der Waals surface area contributed by atoms with Crippen molar-refractivity contribution in [3.63, 3.8) is 0 Å². The second kappa shape index (κ2) is 11.2. The number of halogens is 1. The van der Waals surface area contributed by atoms with Gasteiger partial charge in [-0.3, -0.25) is 28.9 Å². The number of carboxylic acids is 1. The van der Waals surface area contributed by atoms with Crippen LogP contribution >= 0.6 is 11.6 Å². The summed E-state index contributed by atoms with van der Waals surface area (Å²) in [5.74, 6) is -6.39. The van der Waals surface area contributed by atoms with Gasteiger partial charge in [-0.15, -0.1) is 0 Å². The number of hydrogen-bond acceptors (Lipinski definition) is 6. The zero-order valence-corrected chi connectivity index (χ0v) is 25.4. The molecule has 4 aliphatic rings. The van der Waals surface area contributed by atoms with E-state index in [2.05, 4.69) is 0 Å². The van der Waals surface area contributed by atoms with Crippen LogP contribution < -0.4 is 0 Å². The van der Waals surface area contributed by atoms with Crippen LogP contribution in [0.25, 0.3) is 5.57 Å². The number of ketones is 2. The number of phenolic OH excluding ortho intramolecular Hbond substituents is 1. The zero-order valence-electron chi connectivity index (χ0n) is 24.6. The number of benzene rings is 3. The summed E-state index contributed by atoms with van der Waals surface area (Å²) in [7, 11) is 0. The summed E-state index contributed by atoms with van der Waals surface area (Å²) in [6, 6.07) is 22.7. The highest BCUT2D eigenvalue weighted by Crippen LogP contribution is 2.64. The number of fused-ring (bicyclic) bond motifs is 4. The highest BCUT2D eigenvalue weighted by Gasteiger charge is 2.66. The van der Waals surface area contributed by atoms with Crippen molar-refractivity contribution in [1.82, 2.24) is 4.90 Å². The fourth-order valence-corrected chi connectivity index (χ4v) is 8.75. The van der Waals surface area contributed by atoms with Gasteiger partial charge in [0.25, 0.3) is 0 Å². The van der Waals surface area contributed by atoms with Gasteiger partial charge in [-0.25, -0.2) is 0 Å². The van der Waals surface area contributed by atoms with E-state index in [1.807, 2.05) is 42.5 Å². The van der Waals surface area contributed by atoms with Crippen LogP contribution in [0.1, 0.15) is 41.9 Å². The molecule has 0 aromatic heterocycles. The van der Waals surface area contributed by atoms with Crippen molar-refractivity contribution in [2.24, 2.45) is 23.7 Å². The second-order valence-electron chi connectivity index (χ2n) is 12.5. The first-order chi connectivity index (χ1) is 22.1. The quantitative estimate of drug-likeness (QED) is 0.276. The molecule has 7 rings (SSSR count). The summed E-state index contributed by atoms with van der Waals surface area (Å²) >= 11 is 6.86. The van der Waals surface area contributed by atoms with Gasteiger partial charge in [0, 0.05) is 29.0 Å². The molecule has 1 aliphatic heterocycles. The first-order valence-electron chi connectivity index (χ1n) is 15.3. The van der Waals surface area contributed by atoms with Crippen LogP contribution in [0.2, 0.25) is 5.02 Å². The summed E-state index contributed by atoms with van der Waals surface area (Å²) in [5, 5.41) is 19.8. The third-order valence-electron chi connectivity index (χ3n) is 10.3. The molecule has 232 valence electrons. The van der Waals surface area contributed by atoms with E-state index in [9.17, 15) is 34.2 Å². The Balaban J connectivity index is 1.47. The van der Waals surface area contributed by atoms with E-state index < -0.39 is 52.8 Å². The molecule has 3 aliphatic carbocycles. The van der Waals surface area contributed by atoms with Crippen molar-refractivity contribution >= 4 is 46.5 Å². The average Bonchev–Trinajstić information content (AvgIpc) is 3.30. The number of phenols is 1. The molecule has 1 saturated heterocycles. The Hall–Kier alpha value is -4.82. The molecule has 0 spiro atoms. The number of aromatic hydroxyl groups is 1. The van der Waals surface area contributed by atoms with Gasteiger partial charge in [-0.1, -0.05) is 90.0 Å². The number of aliphatic carboxylic acids is 1. The van der Waals surface area contributed by atoms with Crippen LogP contribution in [-0.2, 0) is 29.4 Å². The molecule has 9 heteroatoms. The molecular formula is C37H30ClNO7. The molecule has 6 atom stereocenters. The van der Waals surface area contributed by atoms with Crippen molar-refractivity contribution < 1.29 is 34.2 Å². The van der Waals surface area contributed by atoms with Crippen molar-refractivity contribution in [1.29, 1.82) is 0 Å². The number of hydrogen-bond donors (Lipinski definition) is 2. The average molecular weight is 636 g/mol. The fourth-order valence-electron chi connectivity index (χ4n) is 8.46. The van der Waals surface area contributed by atoms with Gasteiger partial charge in [-0.05, 0) is 53.7 Å². The lowest BCUT2D eigenvalue weighted by atomic mass is 9.44. The number of rotatable bonds is 6. The lowest BCUT2D eigenvalue weighted by Gasteiger charge is -2.55. The predicted molar refractivity (Wildman–Crippen MR) is 169 cm³/mol. The minimum atomic E-state index is -1.43. The van der Waals surface area contributed by atoms with Gasteiger partial charge in [0.1, 0.15) is 5.75 Å². The molecule has 3 aromatic rings. The van der Waals surface area contributed by atoms with Crippen LogP contribution in [0, 0.1) is 23.7 Å². The van der Waals surface area contributed by atoms with Crippen LogP contribution in [0.15, 0.2) is 96.6 Å². The summed E-state index contributed by atoms with van der Waals surface area (Å²) in [6.45, 7) is -0.231. The maximum absolute atomic E-state index is 14.9. The van der Waals surface area contributed by atoms with Gasteiger partial charge in [0.2, 0.25) is 11.8 Å². The molecule has 6 unspecified atom stereocenters. The van der Waals surface area contributed by atoms with Crippen molar-refractivity contribution in [3.8, 4) is 5.75 Å². The number of carboxylic acid groups (broad SMARTS) is 1. The lowest BCUT2D eigenvalue weighted by Crippen LogP contribution is -2.58. The molecule has 2 N–H and O–H groups in total. The van der Waals surface area contributed by atoms with Gasteiger partial charge < -0.3 is 10.2 Å². The highest BCUT2D eigenvalue weighted by atomic mass is 35.5. The van der Waals surface area contributed by atoms with E-state index in [1.165, 1.54) is 18.2 Å². The van der Waals surface area contributed by atoms with Gasteiger partial charge in [-0.2, -0.15) is 0 Å². The SMILES string of the molecule is O=C(O)CCN1C(=O)C2CC=C3C(CC4C(=O)C(c5ccccc5)=CC(=O)C4(c4ccccc4)C3c3ccc(O)cc3Cl)C2C1=O. The van der Waals surface area contributed by atoms with Crippen molar-refractivity contribution in [2.45, 2.75) is 30.6 Å². The van der Waals surface area contributed by atoms with Crippen LogP contribution in [0.3, 0.4) is 0 Å². The standard InChI is InChI=1S/C37H30ClNO7/c38-29-17-22(40)11-12-24(29)33-23-13-14-25-32(36(46)39(35(25)45)16-15-31(42)43)27(23)18-28-34(44)26(20-7-3-1-4-8-20)19-30(41)37(28,33)21-9-5-2-6-10-21/h1-13,17,19,25,27-28,32-33,40H,14-16,18H2,(H,42,43). The largest absolute Gasteiger partial charge is 0.508 e. The van der Waals surface area contributed by atoms with Gasteiger partial charge in [0.15, 0.2) is 11.6 Å². The molecule has 2 fully saturated rings. The van der Waals surface area contributed by atoms with E-state index in [1.54, 1.807) is 30.3 Å². The Bertz CT molecular complexity index is 1870. The molecular weight excluding hydrogens is 606 g/mol. The lowest BCUT2D eigenvalue weighted by molar-refractivity contribution is -0.142. The molecule has 0 radical (unpaired) electrons. The Morgan fingerprint density at radius 3 is 2.28 bits per heavy atom. The molecule has 2 amide bonds. The Morgan fingerprint density at radius 2 is 1.61 bits per heavy atom. The number of nitrogens with zero attached hydrogens (tertiary/aromatic N) is 1. The van der Waals surface area contributed by atoms with Crippen LogP contribution in [0.5, 0.6) is 5.75 Å². The number of allylic oxidation sites excluding steroid dienone is 4. The maximum atomic E-state index is 14.9. The number of carbonyl (C=O) groups excluding carboxylic acids is 4. The van der Waals surface area contributed by atoms with Gasteiger partial charge in [0.05, 0.1) is 23.7 Å². The maximum Gasteiger partial charge on any atom is 0.305 e. The van der Waals surface area contributed by atoms with E-state index in [0.29, 0.717) is 16.7 Å². The zero-order chi connectivity index (χ0) is 32.3. The van der Waals surface area contributed by atoms with Crippen LogP contribution in [-0.4, -0.2) is 51.0 Å². The molecule has 3 aromatic carbocycles. The Morgan fingerprint density at radius 1 is 0.913 bits per heavy atom. The minimum Gasteiger partial charge on any atom is -0.508 e. The summed E-state index contributed by atoms with van der Waals surface area (Å²) in [4.78, 5) is 69.6. The third kappa shape index (κ3) is 4.38. The summed E-state index contributed by atoms with van der Waals surface area (Å²) in [5.41, 5.74) is 1.37. The number of likely N-dealkylation sites (tertiary alicyclic amines) is 1. The fraction of sp³-hybridized carbons (Fsp3) is 0.270. The smallest absolute Gasteiger partial charge is 0.305 e. The topological polar surface area (TPSA) is 129 Å². The molecule has 46 heavy (non-hydrogen) atoms. The summed E-state index contributed by atoms with van der Waals surface area (Å²) in [6.07, 6.45) is 3.34.